The molecule has 8 heteroatoms. The molecule has 0 bridgehead atoms. The van der Waals surface area contributed by atoms with Gasteiger partial charge in [-0.1, -0.05) is 19.3 Å². The Morgan fingerprint density at radius 1 is 1.20 bits per heavy atom. The maximum absolute atomic E-state index is 13.8. The molecule has 0 saturated heterocycles. The average molecular weight is 414 g/mol. The second-order valence-corrected chi connectivity index (χ2v) is 7.60. The van der Waals surface area contributed by atoms with Gasteiger partial charge in [0.25, 0.3) is 12.3 Å². The van der Waals surface area contributed by atoms with Crippen LogP contribution in [0.1, 0.15) is 54.6 Å². The summed E-state index contributed by atoms with van der Waals surface area (Å²) < 4.78 is 33.8. The second-order valence-electron chi connectivity index (χ2n) is 7.60. The van der Waals surface area contributed by atoms with Crippen LogP contribution in [0.5, 0.6) is 5.75 Å². The van der Waals surface area contributed by atoms with Gasteiger partial charge in [-0.15, -0.1) is 0 Å². The van der Waals surface area contributed by atoms with Gasteiger partial charge in [0.2, 0.25) is 0 Å². The predicted octanol–water partition coefficient (Wildman–Crippen LogP) is 4.75. The van der Waals surface area contributed by atoms with Crippen molar-refractivity contribution in [2.75, 3.05) is 14.2 Å². The fourth-order valence-corrected chi connectivity index (χ4v) is 4.03. The van der Waals surface area contributed by atoms with Crippen molar-refractivity contribution in [2.45, 2.75) is 44.6 Å². The zero-order chi connectivity index (χ0) is 21.3. The fourth-order valence-electron chi connectivity index (χ4n) is 4.03. The molecule has 0 N–H and O–H groups in total. The van der Waals surface area contributed by atoms with E-state index in [2.05, 4.69) is 10.1 Å². The lowest BCUT2D eigenvalue weighted by molar-refractivity contribution is 0.0698. The van der Waals surface area contributed by atoms with E-state index in [1.165, 1.54) is 18.7 Å². The monoisotopic (exact) mass is 414 g/mol. The van der Waals surface area contributed by atoms with Crippen molar-refractivity contribution in [1.82, 2.24) is 19.5 Å². The Morgan fingerprint density at radius 2 is 1.90 bits per heavy atom. The molecular weight excluding hydrogens is 390 g/mol. The third-order valence-corrected chi connectivity index (χ3v) is 5.78. The van der Waals surface area contributed by atoms with E-state index in [-0.39, 0.29) is 28.9 Å². The van der Waals surface area contributed by atoms with Crippen molar-refractivity contribution in [3.05, 3.63) is 47.8 Å². The smallest absolute Gasteiger partial charge is 0.280 e. The third kappa shape index (κ3) is 3.74. The van der Waals surface area contributed by atoms with Gasteiger partial charge in [-0.05, 0) is 43.2 Å². The van der Waals surface area contributed by atoms with Crippen molar-refractivity contribution in [3.63, 3.8) is 0 Å². The van der Waals surface area contributed by atoms with Crippen LogP contribution in [-0.2, 0) is 0 Å². The molecule has 0 radical (unpaired) electrons. The Kier molecular flexibility index (Phi) is 5.65. The van der Waals surface area contributed by atoms with Crippen LogP contribution < -0.4 is 4.74 Å². The molecule has 1 aliphatic carbocycles. The maximum Gasteiger partial charge on any atom is 0.280 e. The van der Waals surface area contributed by atoms with E-state index in [0.717, 1.165) is 30.2 Å². The van der Waals surface area contributed by atoms with Gasteiger partial charge in [0.1, 0.15) is 17.0 Å². The maximum atomic E-state index is 13.8. The van der Waals surface area contributed by atoms with Gasteiger partial charge in [0, 0.05) is 18.7 Å². The first kappa shape index (κ1) is 20.3. The Bertz CT molecular complexity index is 1040. The number of rotatable bonds is 5. The fraction of sp³-hybridized carbons (Fsp3) is 0.409. The minimum atomic E-state index is -2.76. The second kappa shape index (κ2) is 8.38. The van der Waals surface area contributed by atoms with Gasteiger partial charge in [0.05, 0.1) is 19.0 Å². The van der Waals surface area contributed by atoms with Gasteiger partial charge in [-0.2, -0.15) is 5.10 Å². The van der Waals surface area contributed by atoms with E-state index in [1.807, 2.05) is 0 Å². The van der Waals surface area contributed by atoms with Crippen molar-refractivity contribution in [2.24, 2.45) is 0 Å². The minimum Gasteiger partial charge on any atom is -0.497 e. The lowest BCUT2D eigenvalue weighted by Gasteiger charge is -2.31. The number of amides is 1. The number of hydrogen-bond acceptors (Lipinski definition) is 4. The number of fused-ring (bicyclic) bond motifs is 1. The molecule has 6 nitrogen and oxygen atoms in total. The summed E-state index contributed by atoms with van der Waals surface area (Å²) in [5, 5.41) is 4.06. The quantitative estimate of drug-likeness (QED) is 0.605. The Balaban J connectivity index is 1.77. The SMILES string of the molecule is COc1ccc(-c2cc(C(F)F)n3ncc(C(=O)N(C)C4CCCCC4)c3n2)cc1. The minimum absolute atomic E-state index is 0.145. The standard InChI is InChI=1S/C22H24F2N4O2/c1-27(15-6-4-3-5-7-15)22(29)17-13-25-28-19(20(23)24)12-18(26-21(17)28)14-8-10-16(30-2)11-9-14/h8-13,15,20H,3-7H2,1-2H3. The Morgan fingerprint density at radius 3 is 2.53 bits per heavy atom. The van der Waals surface area contributed by atoms with Gasteiger partial charge >= 0.3 is 0 Å². The number of hydrogen-bond donors (Lipinski definition) is 0. The molecule has 3 aromatic rings. The van der Waals surface area contributed by atoms with E-state index in [4.69, 9.17) is 4.74 Å². The van der Waals surface area contributed by atoms with Crippen molar-refractivity contribution >= 4 is 11.6 Å². The topological polar surface area (TPSA) is 59.7 Å². The molecule has 30 heavy (non-hydrogen) atoms. The molecule has 0 unspecified atom stereocenters. The number of benzene rings is 1. The Labute approximate surface area is 173 Å². The number of methoxy groups -OCH3 is 1. The molecule has 2 heterocycles. The number of carbonyl (C=O) groups is 1. The first-order chi connectivity index (χ1) is 14.5. The highest BCUT2D eigenvalue weighted by atomic mass is 19.3. The van der Waals surface area contributed by atoms with Crippen LogP contribution in [0, 0.1) is 0 Å². The van der Waals surface area contributed by atoms with Gasteiger partial charge in [-0.25, -0.2) is 18.3 Å². The largest absolute Gasteiger partial charge is 0.497 e. The van der Waals surface area contributed by atoms with Crippen LogP contribution in [0.3, 0.4) is 0 Å². The van der Waals surface area contributed by atoms with Crippen LogP contribution in [0.2, 0.25) is 0 Å². The number of carbonyl (C=O) groups excluding carboxylic acids is 1. The highest BCUT2D eigenvalue weighted by Crippen LogP contribution is 2.29. The lowest BCUT2D eigenvalue weighted by atomic mass is 9.94. The van der Waals surface area contributed by atoms with Crippen LogP contribution in [0.25, 0.3) is 16.9 Å². The molecule has 2 aromatic heterocycles. The zero-order valence-corrected chi connectivity index (χ0v) is 17.0. The van der Waals surface area contributed by atoms with Gasteiger partial charge < -0.3 is 9.64 Å². The first-order valence-corrected chi connectivity index (χ1v) is 10.1. The highest BCUT2D eigenvalue weighted by Gasteiger charge is 2.27. The van der Waals surface area contributed by atoms with Gasteiger partial charge in [0.15, 0.2) is 5.65 Å². The summed E-state index contributed by atoms with van der Waals surface area (Å²) in [5.74, 6) is 0.416. The van der Waals surface area contributed by atoms with Gasteiger partial charge in [-0.3, -0.25) is 4.79 Å². The van der Waals surface area contributed by atoms with Crippen LogP contribution in [0.4, 0.5) is 8.78 Å². The number of alkyl halides is 2. The zero-order valence-electron chi connectivity index (χ0n) is 17.0. The van der Waals surface area contributed by atoms with Crippen molar-refractivity contribution < 1.29 is 18.3 Å². The summed E-state index contributed by atoms with van der Waals surface area (Å²) >= 11 is 0. The van der Waals surface area contributed by atoms with E-state index in [9.17, 15) is 13.6 Å². The molecule has 1 fully saturated rings. The number of aromatic nitrogens is 3. The van der Waals surface area contributed by atoms with Crippen LogP contribution in [-0.4, -0.2) is 45.6 Å². The molecule has 158 valence electrons. The molecule has 0 spiro atoms. The summed E-state index contributed by atoms with van der Waals surface area (Å²) in [6, 6.07) is 8.44. The number of ether oxygens (including phenoxy) is 1. The van der Waals surface area contributed by atoms with Crippen molar-refractivity contribution in [1.29, 1.82) is 0 Å². The van der Waals surface area contributed by atoms with Crippen LogP contribution in [0.15, 0.2) is 36.5 Å². The Hall–Kier alpha value is -3.03. The lowest BCUT2D eigenvalue weighted by Crippen LogP contribution is -2.38. The van der Waals surface area contributed by atoms with E-state index >= 15 is 0 Å². The van der Waals surface area contributed by atoms with Crippen LogP contribution >= 0.6 is 0 Å². The molecular formula is C22H24F2N4O2. The number of nitrogens with zero attached hydrogens (tertiary/aromatic N) is 4. The van der Waals surface area contributed by atoms with E-state index in [1.54, 1.807) is 43.3 Å². The molecule has 1 aromatic carbocycles. The number of halogens is 2. The summed E-state index contributed by atoms with van der Waals surface area (Å²) in [4.78, 5) is 19.4. The summed E-state index contributed by atoms with van der Waals surface area (Å²) in [5.41, 5.74) is 1.09. The molecule has 1 aliphatic rings. The first-order valence-electron chi connectivity index (χ1n) is 10.1. The highest BCUT2D eigenvalue weighted by molar-refractivity contribution is 6.00. The summed E-state index contributed by atoms with van der Waals surface area (Å²) in [6.45, 7) is 0. The summed E-state index contributed by atoms with van der Waals surface area (Å²) in [6.07, 6.45) is 3.85. The predicted molar refractivity (Wildman–Crippen MR) is 109 cm³/mol. The van der Waals surface area contributed by atoms with E-state index < -0.39 is 6.43 Å². The molecule has 1 amide bonds. The molecule has 1 saturated carbocycles. The third-order valence-electron chi connectivity index (χ3n) is 5.78. The van der Waals surface area contributed by atoms with Crippen molar-refractivity contribution in [3.8, 4) is 17.0 Å². The molecule has 0 aliphatic heterocycles. The summed E-state index contributed by atoms with van der Waals surface area (Å²) in [7, 11) is 3.32. The molecule has 0 atom stereocenters. The molecule has 4 rings (SSSR count). The average Bonchev–Trinajstić information content (AvgIpc) is 3.22. The van der Waals surface area contributed by atoms with E-state index in [0.29, 0.717) is 17.0 Å². The normalized spacial score (nSPS) is 15.0.